The molecule has 1 saturated heterocycles. The highest BCUT2D eigenvalue weighted by Crippen LogP contribution is 2.13. The first-order valence-corrected chi connectivity index (χ1v) is 6.03. The monoisotopic (exact) mass is 264 g/mol. The standard InChI is InChI=1S/C12H16N4O3/c13-11(15-19)8-1-2-10(14-7-8)12(18)16-5-3-9(17)4-6-16/h1-2,7,9,17,19H,3-6H2,(H2,13,15). The molecule has 1 aliphatic rings. The molecule has 0 radical (unpaired) electrons. The van der Waals surface area contributed by atoms with Crippen LogP contribution in [0, 0.1) is 0 Å². The molecular formula is C12H16N4O3. The Morgan fingerprint density at radius 1 is 1.42 bits per heavy atom. The van der Waals surface area contributed by atoms with E-state index in [1.54, 1.807) is 17.0 Å². The lowest BCUT2D eigenvalue weighted by Gasteiger charge is -2.29. The molecule has 4 N–H and O–H groups in total. The molecule has 0 bridgehead atoms. The summed E-state index contributed by atoms with van der Waals surface area (Å²) in [5.41, 5.74) is 6.18. The van der Waals surface area contributed by atoms with E-state index in [1.165, 1.54) is 6.20 Å². The SMILES string of the molecule is NC(=NO)c1ccc(C(=O)N2CCC(O)CC2)nc1. The number of nitrogens with two attached hydrogens (primary N) is 1. The predicted molar refractivity (Wildman–Crippen MR) is 67.9 cm³/mol. The van der Waals surface area contributed by atoms with Gasteiger partial charge in [-0.3, -0.25) is 9.78 Å². The van der Waals surface area contributed by atoms with Crippen molar-refractivity contribution >= 4 is 11.7 Å². The van der Waals surface area contributed by atoms with Crippen molar-refractivity contribution in [2.75, 3.05) is 13.1 Å². The van der Waals surface area contributed by atoms with Gasteiger partial charge in [0.25, 0.3) is 5.91 Å². The van der Waals surface area contributed by atoms with Crippen molar-refractivity contribution in [1.29, 1.82) is 0 Å². The van der Waals surface area contributed by atoms with Gasteiger partial charge in [0.1, 0.15) is 5.69 Å². The van der Waals surface area contributed by atoms with Crippen molar-refractivity contribution in [3.8, 4) is 0 Å². The fourth-order valence-electron chi connectivity index (χ4n) is 1.96. The van der Waals surface area contributed by atoms with Crippen LogP contribution in [0.1, 0.15) is 28.9 Å². The summed E-state index contributed by atoms with van der Waals surface area (Å²) < 4.78 is 0. The van der Waals surface area contributed by atoms with E-state index in [0.717, 1.165) is 0 Å². The lowest BCUT2D eigenvalue weighted by Crippen LogP contribution is -2.40. The van der Waals surface area contributed by atoms with Gasteiger partial charge in [0.2, 0.25) is 0 Å². The van der Waals surface area contributed by atoms with Crippen molar-refractivity contribution in [3.63, 3.8) is 0 Å². The van der Waals surface area contributed by atoms with Gasteiger partial charge >= 0.3 is 0 Å². The van der Waals surface area contributed by atoms with Gasteiger partial charge in [-0.15, -0.1) is 0 Å². The first kappa shape index (κ1) is 13.3. The summed E-state index contributed by atoms with van der Waals surface area (Å²) in [6.45, 7) is 1.06. The number of hydrogen-bond acceptors (Lipinski definition) is 5. The van der Waals surface area contributed by atoms with Crippen LogP contribution in [0.3, 0.4) is 0 Å². The van der Waals surface area contributed by atoms with Crippen LogP contribution in [-0.2, 0) is 0 Å². The lowest BCUT2D eigenvalue weighted by molar-refractivity contribution is 0.0541. The molecule has 2 heterocycles. The molecule has 7 nitrogen and oxygen atoms in total. The Kier molecular flexibility index (Phi) is 3.96. The van der Waals surface area contributed by atoms with E-state index < -0.39 is 0 Å². The first-order chi connectivity index (χ1) is 9.11. The Morgan fingerprint density at radius 2 is 2.11 bits per heavy atom. The van der Waals surface area contributed by atoms with Gasteiger partial charge < -0.3 is 20.9 Å². The third-order valence-corrected chi connectivity index (χ3v) is 3.14. The minimum atomic E-state index is -0.319. The Morgan fingerprint density at radius 3 is 2.63 bits per heavy atom. The van der Waals surface area contributed by atoms with E-state index in [9.17, 15) is 9.90 Å². The quantitative estimate of drug-likeness (QED) is 0.296. The van der Waals surface area contributed by atoms with Crippen LogP contribution in [-0.4, -0.2) is 51.1 Å². The number of amidine groups is 1. The van der Waals surface area contributed by atoms with Gasteiger partial charge in [-0.05, 0) is 25.0 Å². The highest BCUT2D eigenvalue weighted by molar-refractivity contribution is 5.98. The second-order valence-electron chi connectivity index (χ2n) is 4.44. The third kappa shape index (κ3) is 3.00. The molecule has 2 rings (SSSR count). The Bertz CT molecular complexity index is 478. The molecule has 0 aliphatic carbocycles. The molecule has 102 valence electrons. The number of nitrogens with zero attached hydrogens (tertiary/aromatic N) is 3. The zero-order chi connectivity index (χ0) is 13.8. The lowest BCUT2D eigenvalue weighted by atomic mass is 10.1. The van der Waals surface area contributed by atoms with Crippen molar-refractivity contribution in [2.45, 2.75) is 18.9 Å². The van der Waals surface area contributed by atoms with Crippen molar-refractivity contribution < 1.29 is 15.1 Å². The van der Waals surface area contributed by atoms with Crippen LogP contribution in [0.15, 0.2) is 23.5 Å². The molecule has 1 aromatic heterocycles. The number of aliphatic hydroxyl groups is 1. The highest BCUT2D eigenvalue weighted by Gasteiger charge is 2.23. The fraction of sp³-hybridized carbons (Fsp3) is 0.417. The second kappa shape index (κ2) is 5.66. The molecular weight excluding hydrogens is 248 g/mol. The van der Waals surface area contributed by atoms with E-state index in [4.69, 9.17) is 10.9 Å². The number of oxime groups is 1. The van der Waals surface area contributed by atoms with Crippen molar-refractivity contribution in [2.24, 2.45) is 10.9 Å². The zero-order valence-electron chi connectivity index (χ0n) is 10.4. The van der Waals surface area contributed by atoms with E-state index in [-0.39, 0.29) is 17.8 Å². The molecule has 0 saturated carbocycles. The molecule has 0 unspecified atom stereocenters. The molecule has 0 spiro atoms. The largest absolute Gasteiger partial charge is 0.409 e. The minimum Gasteiger partial charge on any atom is -0.409 e. The molecule has 1 aliphatic heterocycles. The average Bonchev–Trinajstić information content (AvgIpc) is 2.46. The molecule has 0 atom stereocenters. The summed E-state index contributed by atoms with van der Waals surface area (Å²) in [6, 6.07) is 3.12. The normalized spacial score (nSPS) is 17.5. The van der Waals surface area contributed by atoms with Crippen LogP contribution < -0.4 is 5.73 Å². The van der Waals surface area contributed by atoms with E-state index in [0.29, 0.717) is 37.2 Å². The summed E-state index contributed by atoms with van der Waals surface area (Å²) >= 11 is 0. The number of aromatic nitrogens is 1. The number of aliphatic hydroxyl groups excluding tert-OH is 1. The zero-order valence-corrected chi connectivity index (χ0v) is 10.4. The molecule has 1 fully saturated rings. The maximum atomic E-state index is 12.1. The Balaban J connectivity index is 2.07. The van der Waals surface area contributed by atoms with E-state index >= 15 is 0 Å². The number of hydrogen-bond donors (Lipinski definition) is 3. The Hall–Kier alpha value is -2.15. The van der Waals surface area contributed by atoms with Crippen molar-refractivity contribution in [1.82, 2.24) is 9.88 Å². The van der Waals surface area contributed by atoms with E-state index in [1.807, 2.05) is 0 Å². The summed E-state index contributed by atoms with van der Waals surface area (Å²) in [5, 5.41) is 20.8. The van der Waals surface area contributed by atoms with Gasteiger partial charge in [0, 0.05) is 24.8 Å². The Labute approximate surface area is 110 Å². The van der Waals surface area contributed by atoms with Gasteiger partial charge in [-0.2, -0.15) is 0 Å². The first-order valence-electron chi connectivity index (χ1n) is 6.03. The van der Waals surface area contributed by atoms with Crippen LogP contribution in [0.25, 0.3) is 0 Å². The minimum absolute atomic E-state index is 0.0485. The summed E-state index contributed by atoms with van der Waals surface area (Å²) in [4.78, 5) is 17.8. The number of carbonyl (C=O) groups excluding carboxylic acids is 1. The molecule has 7 heteroatoms. The maximum Gasteiger partial charge on any atom is 0.272 e. The van der Waals surface area contributed by atoms with Crippen LogP contribution >= 0.6 is 0 Å². The molecule has 1 amide bonds. The third-order valence-electron chi connectivity index (χ3n) is 3.14. The number of piperidine rings is 1. The summed E-state index contributed by atoms with van der Waals surface area (Å²) in [7, 11) is 0. The molecule has 1 aromatic rings. The maximum absolute atomic E-state index is 12.1. The predicted octanol–water partition coefficient (Wildman–Crippen LogP) is -0.227. The van der Waals surface area contributed by atoms with Gasteiger partial charge in [0.15, 0.2) is 5.84 Å². The smallest absolute Gasteiger partial charge is 0.272 e. The summed E-state index contributed by atoms with van der Waals surface area (Å²) in [5.74, 6) is -0.217. The number of rotatable bonds is 2. The highest BCUT2D eigenvalue weighted by atomic mass is 16.4. The number of amides is 1. The summed E-state index contributed by atoms with van der Waals surface area (Å²) in [6.07, 6.45) is 2.25. The van der Waals surface area contributed by atoms with Gasteiger partial charge in [0.05, 0.1) is 6.10 Å². The average molecular weight is 264 g/mol. The van der Waals surface area contributed by atoms with Crippen LogP contribution in [0.2, 0.25) is 0 Å². The van der Waals surface area contributed by atoms with Crippen LogP contribution in [0.4, 0.5) is 0 Å². The van der Waals surface area contributed by atoms with E-state index in [2.05, 4.69) is 10.1 Å². The van der Waals surface area contributed by atoms with Gasteiger partial charge in [-0.1, -0.05) is 5.16 Å². The van der Waals surface area contributed by atoms with Gasteiger partial charge in [-0.25, -0.2) is 0 Å². The fourth-order valence-corrected chi connectivity index (χ4v) is 1.96. The number of likely N-dealkylation sites (tertiary alicyclic amines) is 1. The topological polar surface area (TPSA) is 112 Å². The molecule has 0 aromatic carbocycles. The number of pyridine rings is 1. The van der Waals surface area contributed by atoms with Crippen LogP contribution in [0.5, 0.6) is 0 Å². The molecule has 19 heavy (non-hydrogen) atoms. The van der Waals surface area contributed by atoms with Crippen molar-refractivity contribution in [3.05, 3.63) is 29.6 Å². The second-order valence-corrected chi connectivity index (χ2v) is 4.44. The number of carbonyl (C=O) groups is 1.